The number of nitrogens with two attached hydrogens (primary N) is 1. The second-order valence-electron chi connectivity index (χ2n) is 22.2. The number of piperazine rings is 2. The summed E-state index contributed by atoms with van der Waals surface area (Å²) in [6.45, 7) is 23.8. The molecule has 21 heteroatoms. The van der Waals surface area contributed by atoms with Gasteiger partial charge in [0.05, 0.1) is 32.5 Å². The van der Waals surface area contributed by atoms with Gasteiger partial charge in [-0.2, -0.15) is 0 Å². The smallest absolute Gasteiger partial charge is 1.00 e. The standard InChI is InChI=1S/C24H30N2O3.C23H29N3O3.C15H19NO2.C10H12O2.CH4.ClH.H3NO.Na.H2O/c1-19(2)29-22-11-8-20(9-12-22)18-25-14-16-26(17-15-25)23-7-5-4-6-21(23)10-13-24(27)28-3;1-18(2)29-21-10-7-19(8-11-21)17-25-13-15-26(16-14-25)22-6-4-3-5-20(22)9-12-23(27)24-28;1-18-15(17)10-9-13-7-3-4-8-14(13)16-11-5-2-6-12-16;1-8(2)12-10-5-3-9(7-11)4-6-10;;;1-2;;/h4-13,19H,14-18H2,1-3H3;3-12,18,28H,13-17H2,1-2H3,(H,24,27);3-4,7-10H,2,5-6,11-12H2,1H3;3-8H,1-2H3;1H4;1H;2H,1H2;;1H2/q;;;;;;;+1;/p-2/b13-10+;12-9+;10-9+;;;;;;. The summed E-state index contributed by atoms with van der Waals surface area (Å²) in [5, 5.41) is 15.2. The minimum atomic E-state index is -0.533. The van der Waals surface area contributed by atoms with Gasteiger partial charge in [0.25, 0.3) is 5.91 Å². The van der Waals surface area contributed by atoms with Gasteiger partial charge < -0.3 is 61.5 Å². The molecule has 1 amide bonds. The molecule has 3 saturated heterocycles. The van der Waals surface area contributed by atoms with Crippen LogP contribution in [0, 0.1) is 0 Å². The molecular weight excluding hydrogens is 1230 g/mol. The van der Waals surface area contributed by atoms with Crippen molar-refractivity contribution in [2.24, 2.45) is 5.90 Å². The summed E-state index contributed by atoms with van der Waals surface area (Å²) >= 11 is 0. The number of ether oxygens (including phenoxy) is 5. The van der Waals surface area contributed by atoms with Crippen LogP contribution in [0.4, 0.5) is 17.1 Å². The van der Waals surface area contributed by atoms with Crippen LogP contribution >= 0.6 is 0 Å². The number of piperidine rings is 1. The first-order chi connectivity index (χ1) is 43.6. The van der Waals surface area contributed by atoms with Crippen LogP contribution in [0.3, 0.4) is 0 Å². The SMILES string of the molecule is C.CC(C)Oc1ccc(C=O)cc1.CC(C)Oc1ccc(CN2CCN(c3ccccc3/C=C/C(=O)NO)CC2)cc1.COC(=O)/C=C/c1ccccc1N1CCCCC1.COC(=O)/C=C/c1ccccc1N1CCN(Cc2ccc(OC(C)C)cc2)CC1.NO.[Cl-].[Na+].[OH-]. The molecule has 0 radical (unpaired) electrons. The fraction of sp³-hybridized carbons (Fsp3) is 0.370. The number of carbonyl (C=O) groups is 4. The second kappa shape index (κ2) is 47.4. The summed E-state index contributed by atoms with van der Waals surface area (Å²) in [6.07, 6.45) is 14.8. The van der Waals surface area contributed by atoms with Crippen LogP contribution in [0.15, 0.2) is 164 Å². The molecule has 0 spiro atoms. The Morgan fingerprint density at radius 2 is 0.787 bits per heavy atom. The summed E-state index contributed by atoms with van der Waals surface area (Å²) in [5.41, 5.74) is 11.4. The molecule has 9 rings (SSSR count). The number of methoxy groups -OCH3 is 2. The molecule has 3 aliphatic heterocycles. The number of nitrogens with zero attached hydrogens (tertiary/aromatic N) is 5. The monoisotopic (exact) mass is 1320 g/mol. The van der Waals surface area contributed by atoms with Gasteiger partial charge in [-0.05, 0) is 174 Å². The molecule has 0 aromatic heterocycles. The molecule has 506 valence electrons. The maximum Gasteiger partial charge on any atom is 1.00 e. The van der Waals surface area contributed by atoms with E-state index in [-0.39, 0.29) is 85.1 Å². The van der Waals surface area contributed by atoms with E-state index in [9.17, 15) is 19.2 Å². The number of carbonyl (C=O) groups excluding carboxylic acids is 4. The number of para-hydroxylation sites is 3. The molecule has 0 bridgehead atoms. The predicted octanol–water partition coefficient (Wildman–Crippen LogP) is 6.25. The molecule has 6 N–H and O–H groups in total. The van der Waals surface area contributed by atoms with E-state index >= 15 is 0 Å². The van der Waals surface area contributed by atoms with Crippen LogP contribution in [0.5, 0.6) is 17.2 Å². The number of aldehydes is 1. The first-order valence-electron chi connectivity index (χ1n) is 30.7. The van der Waals surface area contributed by atoms with Crippen molar-refractivity contribution in [1.82, 2.24) is 15.3 Å². The Kier molecular flexibility index (Phi) is 42.6. The molecule has 0 unspecified atom stereocenters. The Labute approximate surface area is 586 Å². The number of amides is 1. The minimum absolute atomic E-state index is 0. The van der Waals surface area contributed by atoms with Gasteiger partial charge >= 0.3 is 41.5 Å². The third-order valence-electron chi connectivity index (χ3n) is 14.4. The van der Waals surface area contributed by atoms with Crippen molar-refractivity contribution in [2.45, 2.75) is 99.6 Å². The van der Waals surface area contributed by atoms with Gasteiger partial charge in [-0.25, -0.2) is 21.0 Å². The van der Waals surface area contributed by atoms with Crippen LogP contribution in [0.25, 0.3) is 18.2 Å². The van der Waals surface area contributed by atoms with Crippen molar-refractivity contribution in [3.05, 3.63) is 197 Å². The quantitative estimate of drug-likeness (QED) is 0.0165. The summed E-state index contributed by atoms with van der Waals surface area (Å²) in [6, 6.07) is 48.2. The Bertz CT molecular complexity index is 3030. The third kappa shape index (κ3) is 30.7. The maximum atomic E-state index is 11.4. The number of hydroxylamine groups is 1. The number of benzene rings is 6. The number of hydrogen-bond acceptors (Lipinski definition) is 18. The number of halogens is 1. The molecule has 6 aromatic carbocycles. The topological polar surface area (TPSA) is 239 Å². The molecule has 3 aliphatic rings. The van der Waals surface area contributed by atoms with Crippen molar-refractivity contribution < 1.29 is 101 Å². The van der Waals surface area contributed by atoms with Crippen molar-refractivity contribution in [3.63, 3.8) is 0 Å². The van der Waals surface area contributed by atoms with Crippen LogP contribution in [-0.4, -0.2) is 148 Å². The summed E-state index contributed by atoms with van der Waals surface area (Å²) in [5.74, 6) is 4.95. The fourth-order valence-corrected chi connectivity index (χ4v) is 10.1. The molecule has 19 nitrogen and oxygen atoms in total. The van der Waals surface area contributed by atoms with Crippen molar-refractivity contribution in [3.8, 4) is 17.2 Å². The predicted molar refractivity (Wildman–Crippen MR) is 368 cm³/mol. The van der Waals surface area contributed by atoms with Gasteiger partial charge in [0.1, 0.15) is 23.5 Å². The molecule has 3 heterocycles. The summed E-state index contributed by atoms with van der Waals surface area (Å²) < 4.78 is 26.1. The van der Waals surface area contributed by atoms with Crippen molar-refractivity contribution in [1.29, 1.82) is 0 Å². The number of anilines is 3. The first-order valence-corrected chi connectivity index (χ1v) is 30.7. The normalized spacial score (nSPS) is 13.7. The fourth-order valence-electron chi connectivity index (χ4n) is 10.1. The Hall–Kier alpha value is -7.53. The maximum absolute atomic E-state index is 11.4. The van der Waals surface area contributed by atoms with E-state index in [2.05, 4.69) is 89.7 Å². The van der Waals surface area contributed by atoms with E-state index in [0.717, 1.165) is 130 Å². The van der Waals surface area contributed by atoms with E-state index in [4.69, 9.17) is 29.4 Å². The average molecular weight is 1320 g/mol. The Morgan fingerprint density at radius 3 is 1.10 bits per heavy atom. The van der Waals surface area contributed by atoms with Gasteiger partial charge in [0, 0.05) is 119 Å². The van der Waals surface area contributed by atoms with E-state index in [1.165, 1.54) is 68.5 Å². The minimum Gasteiger partial charge on any atom is -1.00 e. The summed E-state index contributed by atoms with van der Waals surface area (Å²) in [7, 11) is 2.78. The van der Waals surface area contributed by atoms with Crippen LogP contribution in [0.2, 0.25) is 0 Å². The number of nitrogens with one attached hydrogen (secondary N) is 1. The third-order valence-corrected chi connectivity index (χ3v) is 14.4. The second-order valence-corrected chi connectivity index (χ2v) is 22.2. The van der Waals surface area contributed by atoms with Gasteiger partial charge in [-0.1, -0.05) is 86.3 Å². The van der Waals surface area contributed by atoms with E-state index in [1.54, 1.807) is 35.8 Å². The molecule has 3 fully saturated rings. The molecule has 0 saturated carbocycles. The van der Waals surface area contributed by atoms with Crippen LogP contribution in [-0.2, 0) is 36.9 Å². The number of hydrogen-bond donors (Lipinski definition) is 4. The van der Waals surface area contributed by atoms with Gasteiger partial charge in [-0.3, -0.25) is 24.6 Å². The van der Waals surface area contributed by atoms with Gasteiger partial charge in [-0.15, -0.1) is 0 Å². The molecular formula is C73H98ClN7NaO12-. The van der Waals surface area contributed by atoms with Crippen molar-refractivity contribution >= 4 is 59.4 Å². The number of rotatable bonds is 20. The molecule has 0 atom stereocenters. The number of esters is 2. The summed E-state index contributed by atoms with van der Waals surface area (Å²) in [4.78, 5) is 56.2. The zero-order valence-electron chi connectivity index (χ0n) is 55.4. The largest absolute Gasteiger partial charge is 1.00 e. The van der Waals surface area contributed by atoms with E-state index in [0.29, 0.717) is 5.56 Å². The first kappa shape index (κ1) is 84.5. The van der Waals surface area contributed by atoms with Crippen molar-refractivity contribution in [2.75, 3.05) is 94.4 Å². The zero-order valence-corrected chi connectivity index (χ0v) is 58.2. The zero-order chi connectivity index (χ0) is 65.0. The molecule has 6 aromatic rings. The Morgan fingerprint density at radius 1 is 0.479 bits per heavy atom. The van der Waals surface area contributed by atoms with Gasteiger partial charge in [0.2, 0.25) is 0 Å². The van der Waals surface area contributed by atoms with Crippen LogP contribution < -0.4 is 82.3 Å². The van der Waals surface area contributed by atoms with Crippen LogP contribution in [0.1, 0.15) is 106 Å². The Balaban J connectivity index is 0.000000640. The average Bonchev–Trinajstić information content (AvgIpc) is 1.03. The molecule has 0 aliphatic carbocycles. The molecule has 94 heavy (non-hydrogen) atoms. The van der Waals surface area contributed by atoms with E-state index < -0.39 is 5.91 Å². The van der Waals surface area contributed by atoms with E-state index in [1.807, 2.05) is 120 Å². The van der Waals surface area contributed by atoms with Gasteiger partial charge in [0.15, 0.2) is 0 Å².